The first-order chi connectivity index (χ1) is 5.57. The lowest BCUT2D eigenvalue weighted by molar-refractivity contribution is -0.140. The first-order valence-electron chi connectivity index (χ1n) is 3.35. The fourth-order valence-corrected chi connectivity index (χ4v) is 0.608. The number of hydrogen-bond donors (Lipinski definition) is 3. The SMILES string of the molecule is CC(=O)NC(C=CCO)C(=O)O. The Morgan fingerprint density at radius 1 is 1.58 bits per heavy atom. The number of amides is 1. The van der Waals surface area contributed by atoms with E-state index in [0.717, 1.165) is 0 Å². The summed E-state index contributed by atoms with van der Waals surface area (Å²) >= 11 is 0. The van der Waals surface area contributed by atoms with Crippen LogP contribution in [-0.4, -0.2) is 34.7 Å². The van der Waals surface area contributed by atoms with Crippen LogP contribution in [0.5, 0.6) is 0 Å². The molecule has 68 valence electrons. The predicted octanol–water partition coefficient (Wildman–Crippen LogP) is -0.876. The van der Waals surface area contributed by atoms with Crippen molar-refractivity contribution in [3.63, 3.8) is 0 Å². The number of rotatable bonds is 4. The molecule has 5 nitrogen and oxygen atoms in total. The van der Waals surface area contributed by atoms with Crippen LogP contribution in [0, 0.1) is 0 Å². The van der Waals surface area contributed by atoms with Gasteiger partial charge in [-0.25, -0.2) is 4.79 Å². The summed E-state index contributed by atoms with van der Waals surface area (Å²) in [5.74, 6) is -1.58. The quantitative estimate of drug-likeness (QED) is 0.482. The number of hydrogen-bond acceptors (Lipinski definition) is 3. The zero-order valence-corrected chi connectivity index (χ0v) is 6.65. The first kappa shape index (κ1) is 10.6. The monoisotopic (exact) mass is 173 g/mol. The molecular formula is C7H11NO4. The minimum Gasteiger partial charge on any atom is -0.479 e. The van der Waals surface area contributed by atoms with Gasteiger partial charge >= 0.3 is 5.97 Å². The fraction of sp³-hybridized carbons (Fsp3) is 0.429. The molecule has 0 aromatic heterocycles. The Labute approximate surface area is 69.7 Å². The van der Waals surface area contributed by atoms with Crippen molar-refractivity contribution in [1.82, 2.24) is 5.32 Å². The molecule has 0 saturated heterocycles. The first-order valence-corrected chi connectivity index (χ1v) is 3.35. The van der Waals surface area contributed by atoms with Crippen molar-refractivity contribution in [2.24, 2.45) is 0 Å². The van der Waals surface area contributed by atoms with Crippen LogP contribution in [0.25, 0.3) is 0 Å². The van der Waals surface area contributed by atoms with Crippen molar-refractivity contribution in [1.29, 1.82) is 0 Å². The highest BCUT2D eigenvalue weighted by Crippen LogP contribution is 1.86. The molecule has 0 fully saturated rings. The summed E-state index contributed by atoms with van der Waals surface area (Å²) in [5, 5.41) is 19.0. The van der Waals surface area contributed by atoms with Gasteiger partial charge in [-0.05, 0) is 0 Å². The Balaban J connectivity index is 4.14. The summed E-state index contributed by atoms with van der Waals surface area (Å²) in [6.45, 7) is 0.978. The molecule has 0 saturated carbocycles. The Hall–Kier alpha value is -1.36. The molecule has 12 heavy (non-hydrogen) atoms. The van der Waals surface area contributed by atoms with Crippen molar-refractivity contribution in [3.8, 4) is 0 Å². The number of carboxylic acid groups (broad SMARTS) is 1. The number of aliphatic hydroxyl groups is 1. The summed E-state index contributed by atoms with van der Waals surface area (Å²) in [5.41, 5.74) is 0. The van der Waals surface area contributed by atoms with E-state index in [4.69, 9.17) is 10.2 Å². The van der Waals surface area contributed by atoms with Gasteiger partial charge in [-0.1, -0.05) is 12.2 Å². The average molecular weight is 173 g/mol. The Bertz CT molecular complexity index is 200. The van der Waals surface area contributed by atoms with Crippen molar-refractivity contribution >= 4 is 11.9 Å². The van der Waals surface area contributed by atoms with Crippen LogP contribution in [0.4, 0.5) is 0 Å². The van der Waals surface area contributed by atoms with Gasteiger partial charge in [0, 0.05) is 6.92 Å². The lowest BCUT2D eigenvalue weighted by atomic mass is 10.2. The third-order valence-electron chi connectivity index (χ3n) is 1.06. The zero-order valence-electron chi connectivity index (χ0n) is 6.65. The van der Waals surface area contributed by atoms with Gasteiger partial charge in [0.25, 0.3) is 0 Å². The molecule has 0 spiro atoms. The molecule has 0 aliphatic heterocycles. The summed E-state index contributed by atoms with van der Waals surface area (Å²) in [7, 11) is 0. The minimum atomic E-state index is -1.16. The second-order valence-electron chi connectivity index (χ2n) is 2.13. The molecule has 3 N–H and O–H groups in total. The van der Waals surface area contributed by atoms with Crippen LogP contribution < -0.4 is 5.32 Å². The molecular weight excluding hydrogens is 162 g/mol. The van der Waals surface area contributed by atoms with E-state index in [1.54, 1.807) is 0 Å². The Morgan fingerprint density at radius 2 is 2.17 bits per heavy atom. The van der Waals surface area contributed by atoms with Gasteiger partial charge in [0.2, 0.25) is 5.91 Å². The van der Waals surface area contributed by atoms with E-state index in [1.165, 1.54) is 19.1 Å². The minimum absolute atomic E-state index is 0.247. The summed E-state index contributed by atoms with van der Waals surface area (Å²) in [6, 6.07) is -1.06. The fourth-order valence-electron chi connectivity index (χ4n) is 0.608. The molecule has 0 aromatic rings. The van der Waals surface area contributed by atoms with Crippen molar-refractivity contribution in [2.75, 3.05) is 6.61 Å². The van der Waals surface area contributed by atoms with Gasteiger partial charge in [-0.15, -0.1) is 0 Å². The topological polar surface area (TPSA) is 86.6 Å². The van der Waals surface area contributed by atoms with Crippen LogP contribution in [0.2, 0.25) is 0 Å². The summed E-state index contributed by atoms with van der Waals surface area (Å²) in [4.78, 5) is 20.8. The summed E-state index contributed by atoms with van der Waals surface area (Å²) < 4.78 is 0. The number of aliphatic carboxylic acids is 1. The zero-order chi connectivity index (χ0) is 9.56. The highest BCUT2D eigenvalue weighted by Gasteiger charge is 2.13. The van der Waals surface area contributed by atoms with E-state index in [0.29, 0.717) is 0 Å². The third-order valence-corrected chi connectivity index (χ3v) is 1.06. The van der Waals surface area contributed by atoms with Crippen LogP contribution in [0.3, 0.4) is 0 Å². The van der Waals surface area contributed by atoms with Crippen molar-refractivity contribution in [2.45, 2.75) is 13.0 Å². The van der Waals surface area contributed by atoms with E-state index >= 15 is 0 Å². The molecule has 0 bridgehead atoms. The maximum absolute atomic E-state index is 10.5. The lowest BCUT2D eigenvalue weighted by Gasteiger charge is -2.07. The summed E-state index contributed by atoms with van der Waals surface area (Å²) in [6.07, 6.45) is 2.47. The molecule has 0 heterocycles. The predicted molar refractivity (Wildman–Crippen MR) is 41.5 cm³/mol. The van der Waals surface area contributed by atoms with Gasteiger partial charge in [-0.2, -0.15) is 0 Å². The van der Waals surface area contributed by atoms with E-state index in [9.17, 15) is 9.59 Å². The molecule has 0 rings (SSSR count). The largest absolute Gasteiger partial charge is 0.479 e. The molecule has 1 unspecified atom stereocenters. The van der Waals surface area contributed by atoms with Gasteiger partial charge in [-0.3, -0.25) is 4.79 Å². The number of aliphatic hydroxyl groups excluding tert-OH is 1. The van der Waals surface area contributed by atoms with E-state index in [2.05, 4.69) is 5.32 Å². The van der Waals surface area contributed by atoms with Crippen LogP contribution in [-0.2, 0) is 9.59 Å². The second kappa shape index (κ2) is 5.31. The number of carbonyl (C=O) groups excluding carboxylic acids is 1. The Kier molecular flexibility index (Phi) is 4.71. The third kappa shape index (κ3) is 4.45. The highest BCUT2D eigenvalue weighted by molar-refractivity contribution is 5.83. The molecule has 5 heteroatoms. The van der Waals surface area contributed by atoms with Gasteiger partial charge < -0.3 is 15.5 Å². The van der Waals surface area contributed by atoms with Crippen LogP contribution in [0.15, 0.2) is 12.2 Å². The van der Waals surface area contributed by atoms with Crippen LogP contribution in [0.1, 0.15) is 6.92 Å². The van der Waals surface area contributed by atoms with E-state index < -0.39 is 17.9 Å². The van der Waals surface area contributed by atoms with E-state index in [-0.39, 0.29) is 6.61 Å². The number of carboxylic acids is 1. The highest BCUT2D eigenvalue weighted by atomic mass is 16.4. The standard InChI is InChI=1S/C7H11NO4/c1-5(10)8-6(7(11)12)3-2-4-9/h2-3,6,9H,4H2,1H3,(H,8,10)(H,11,12). The Morgan fingerprint density at radius 3 is 2.50 bits per heavy atom. The number of nitrogens with one attached hydrogen (secondary N) is 1. The van der Waals surface area contributed by atoms with Gasteiger partial charge in [0.1, 0.15) is 6.04 Å². The molecule has 0 aliphatic carbocycles. The van der Waals surface area contributed by atoms with Crippen LogP contribution >= 0.6 is 0 Å². The van der Waals surface area contributed by atoms with Gasteiger partial charge in [0.05, 0.1) is 6.61 Å². The molecule has 0 aliphatic rings. The molecule has 1 amide bonds. The lowest BCUT2D eigenvalue weighted by Crippen LogP contribution is -2.37. The second-order valence-corrected chi connectivity index (χ2v) is 2.13. The molecule has 1 atom stereocenters. The maximum Gasteiger partial charge on any atom is 0.330 e. The maximum atomic E-state index is 10.5. The molecule has 0 aromatic carbocycles. The van der Waals surface area contributed by atoms with E-state index in [1.807, 2.05) is 0 Å². The smallest absolute Gasteiger partial charge is 0.330 e. The van der Waals surface area contributed by atoms with Gasteiger partial charge in [0.15, 0.2) is 0 Å². The van der Waals surface area contributed by atoms with Crippen molar-refractivity contribution < 1.29 is 19.8 Å². The normalized spacial score (nSPS) is 12.8. The molecule has 0 radical (unpaired) electrons. The van der Waals surface area contributed by atoms with Crippen molar-refractivity contribution in [3.05, 3.63) is 12.2 Å². The number of carbonyl (C=O) groups is 2. The average Bonchev–Trinajstić information content (AvgIpc) is 1.96.